The van der Waals surface area contributed by atoms with Crippen molar-refractivity contribution in [3.05, 3.63) is 41.0 Å². The minimum atomic E-state index is -1.04. The molecule has 0 bridgehead atoms. The van der Waals surface area contributed by atoms with Gasteiger partial charge in [0.15, 0.2) is 5.60 Å². The fraction of sp³-hybridized carbons (Fsp3) is 0.412. The molecule has 1 amide bonds. The molecule has 1 heterocycles. The van der Waals surface area contributed by atoms with Gasteiger partial charge in [-0.1, -0.05) is 18.2 Å². The summed E-state index contributed by atoms with van der Waals surface area (Å²) in [6, 6.07) is 9.69. The lowest BCUT2D eigenvalue weighted by Gasteiger charge is -2.24. The standard InChI is InChI=1S/C17H22BrN3O3/c1-17(2,16(22)19-10-7-11-23-3)24-15-14(18)12-21(20-15)13-8-5-4-6-9-13/h4-6,8-9,12H,7,10-11H2,1-3H3,(H,19,22). The molecule has 0 atom stereocenters. The number of benzene rings is 1. The first kappa shape index (κ1) is 18.5. The van der Waals surface area contributed by atoms with Gasteiger partial charge in [-0.2, -0.15) is 0 Å². The van der Waals surface area contributed by atoms with E-state index in [4.69, 9.17) is 9.47 Å². The van der Waals surface area contributed by atoms with E-state index in [1.54, 1.807) is 31.8 Å². The molecule has 0 saturated carbocycles. The number of carbonyl (C=O) groups excluding carboxylic acids is 1. The van der Waals surface area contributed by atoms with E-state index in [0.717, 1.165) is 12.1 Å². The monoisotopic (exact) mass is 395 g/mol. The van der Waals surface area contributed by atoms with Crippen molar-refractivity contribution in [2.24, 2.45) is 0 Å². The summed E-state index contributed by atoms with van der Waals surface area (Å²) < 4.78 is 13.2. The molecule has 7 heteroatoms. The van der Waals surface area contributed by atoms with Crippen LogP contribution in [0.4, 0.5) is 0 Å². The summed E-state index contributed by atoms with van der Waals surface area (Å²) in [4.78, 5) is 12.3. The highest BCUT2D eigenvalue weighted by Crippen LogP contribution is 2.28. The molecule has 130 valence electrons. The molecule has 0 fully saturated rings. The number of amides is 1. The van der Waals surface area contributed by atoms with Gasteiger partial charge in [-0.05, 0) is 48.3 Å². The molecule has 2 aromatic rings. The Balaban J connectivity index is 2.04. The van der Waals surface area contributed by atoms with E-state index in [1.807, 2.05) is 30.3 Å². The van der Waals surface area contributed by atoms with E-state index in [1.165, 1.54) is 0 Å². The lowest BCUT2D eigenvalue weighted by molar-refractivity contribution is -0.134. The Morgan fingerprint density at radius 3 is 2.71 bits per heavy atom. The van der Waals surface area contributed by atoms with Crippen LogP contribution in [0.1, 0.15) is 20.3 Å². The smallest absolute Gasteiger partial charge is 0.263 e. The molecule has 0 radical (unpaired) electrons. The summed E-state index contributed by atoms with van der Waals surface area (Å²) in [6.07, 6.45) is 2.56. The normalized spacial score (nSPS) is 11.3. The van der Waals surface area contributed by atoms with Crippen LogP contribution >= 0.6 is 15.9 Å². The van der Waals surface area contributed by atoms with Gasteiger partial charge in [0.25, 0.3) is 5.91 Å². The van der Waals surface area contributed by atoms with Crippen LogP contribution in [0.5, 0.6) is 5.88 Å². The number of nitrogens with zero attached hydrogens (tertiary/aromatic N) is 2. The quantitative estimate of drug-likeness (QED) is 0.697. The van der Waals surface area contributed by atoms with Crippen molar-refractivity contribution in [2.45, 2.75) is 25.9 Å². The molecule has 2 rings (SSSR count). The third kappa shape index (κ3) is 4.82. The van der Waals surface area contributed by atoms with E-state index in [9.17, 15) is 4.79 Å². The Bertz CT molecular complexity index is 671. The van der Waals surface area contributed by atoms with Gasteiger partial charge in [0.05, 0.1) is 10.2 Å². The number of halogens is 1. The molecule has 1 aromatic heterocycles. The summed E-state index contributed by atoms with van der Waals surface area (Å²) in [5.41, 5.74) is -0.124. The van der Waals surface area contributed by atoms with Crippen LogP contribution in [0, 0.1) is 0 Å². The van der Waals surface area contributed by atoms with Gasteiger partial charge in [-0.15, -0.1) is 5.10 Å². The van der Waals surface area contributed by atoms with Crippen molar-refractivity contribution in [2.75, 3.05) is 20.3 Å². The Morgan fingerprint density at radius 2 is 2.04 bits per heavy atom. The molecule has 0 aliphatic carbocycles. The molecular weight excluding hydrogens is 374 g/mol. The number of hydrogen-bond acceptors (Lipinski definition) is 4. The molecule has 0 aliphatic rings. The fourth-order valence-electron chi connectivity index (χ4n) is 2.04. The molecule has 0 unspecified atom stereocenters. The maximum atomic E-state index is 12.3. The summed E-state index contributed by atoms with van der Waals surface area (Å²) in [5.74, 6) is 0.177. The number of carbonyl (C=O) groups is 1. The average molecular weight is 396 g/mol. The maximum absolute atomic E-state index is 12.3. The summed E-state index contributed by atoms with van der Waals surface area (Å²) >= 11 is 3.43. The van der Waals surface area contributed by atoms with E-state index in [2.05, 4.69) is 26.3 Å². The molecule has 1 aromatic carbocycles. The van der Waals surface area contributed by atoms with Crippen LogP contribution in [-0.4, -0.2) is 41.6 Å². The fourth-order valence-corrected chi connectivity index (χ4v) is 2.39. The first-order valence-electron chi connectivity index (χ1n) is 7.71. The predicted molar refractivity (Wildman–Crippen MR) is 95.5 cm³/mol. The molecule has 0 saturated heterocycles. The average Bonchev–Trinajstić information content (AvgIpc) is 2.92. The minimum absolute atomic E-state index is 0.195. The van der Waals surface area contributed by atoms with E-state index >= 15 is 0 Å². The van der Waals surface area contributed by atoms with Crippen LogP contribution in [0.3, 0.4) is 0 Å². The van der Waals surface area contributed by atoms with E-state index < -0.39 is 5.60 Å². The second kappa shape index (κ2) is 8.30. The number of nitrogens with one attached hydrogen (secondary N) is 1. The Hall–Kier alpha value is -1.86. The second-order valence-corrected chi connectivity index (χ2v) is 6.63. The van der Waals surface area contributed by atoms with Crippen molar-refractivity contribution in [3.63, 3.8) is 0 Å². The van der Waals surface area contributed by atoms with Gasteiger partial charge in [0, 0.05) is 26.5 Å². The zero-order chi connectivity index (χ0) is 17.6. The van der Waals surface area contributed by atoms with Gasteiger partial charge in [0.1, 0.15) is 0 Å². The van der Waals surface area contributed by atoms with Crippen LogP contribution in [0.25, 0.3) is 5.69 Å². The predicted octanol–water partition coefficient (Wildman–Crippen LogP) is 2.94. The minimum Gasteiger partial charge on any atom is -0.460 e. The van der Waals surface area contributed by atoms with Crippen molar-refractivity contribution in [3.8, 4) is 11.6 Å². The highest BCUT2D eigenvalue weighted by atomic mass is 79.9. The van der Waals surface area contributed by atoms with Gasteiger partial charge in [0.2, 0.25) is 5.88 Å². The van der Waals surface area contributed by atoms with E-state index in [0.29, 0.717) is 23.5 Å². The molecular formula is C17H22BrN3O3. The van der Waals surface area contributed by atoms with Gasteiger partial charge >= 0.3 is 0 Å². The van der Waals surface area contributed by atoms with Crippen LogP contribution in [0.15, 0.2) is 41.0 Å². The second-order valence-electron chi connectivity index (χ2n) is 5.78. The lowest BCUT2D eigenvalue weighted by atomic mass is 10.1. The van der Waals surface area contributed by atoms with Crippen molar-refractivity contribution in [1.82, 2.24) is 15.1 Å². The first-order chi connectivity index (χ1) is 11.4. The number of aromatic nitrogens is 2. The Kier molecular flexibility index (Phi) is 6.39. The first-order valence-corrected chi connectivity index (χ1v) is 8.50. The molecule has 24 heavy (non-hydrogen) atoms. The molecule has 6 nitrogen and oxygen atoms in total. The summed E-state index contributed by atoms with van der Waals surface area (Å²) in [6.45, 7) is 4.58. The topological polar surface area (TPSA) is 65.4 Å². The molecule has 0 spiro atoms. The summed E-state index contributed by atoms with van der Waals surface area (Å²) in [5, 5.41) is 7.25. The van der Waals surface area contributed by atoms with Gasteiger partial charge < -0.3 is 14.8 Å². The molecule has 0 aliphatic heterocycles. The third-order valence-electron chi connectivity index (χ3n) is 3.37. The number of methoxy groups -OCH3 is 1. The highest BCUT2D eigenvalue weighted by Gasteiger charge is 2.31. The van der Waals surface area contributed by atoms with E-state index in [-0.39, 0.29) is 5.91 Å². The zero-order valence-corrected chi connectivity index (χ0v) is 15.7. The van der Waals surface area contributed by atoms with Crippen LogP contribution in [-0.2, 0) is 9.53 Å². The number of rotatable bonds is 8. The Morgan fingerprint density at radius 1 is 1.33 bits per heavy atom. The highest BCUT2D eigenvalue weighted by molar-refractivity contribution is 9.10. The third-order valence-corrected chi connectivity index (χ3v) is 3.91. The number of ether oxygens (including phenoxy) is 2. The number of para-hydroxylation sites is 1. The zero-order valence-electron chi connectivity index (χ0n) is 14.1. The molecule has 1 N–H and O–H groups in total. The van der Waals surface area contributed by atoms with Gasteiger partial charge in [-0.3, -0.25) is 4.79 Å². The van der Waals surface area contributed by atoms with Gasteiger partial charge in [-0.25, -0.2) is 4.68 Å². The largest absolute Gasteiger partial charge is 0.460 e. The van der Waals surface area contributed by atoms with Crippen LogP contribution in [0.2, 0.25) is 0 Å². The van der Waals surface area contributed by atoms with Crippen molar-refractivity contribution in [1.29, 1.82) is 0 Å². The maximum Gasteiger partial charge on any atom is 0.263 e. The van der Waals surface area contributed by atoms with Crippen molar-refractivity contribution >= 4 is 21.8 Å². The lowest BCUT2D eigenvalue weighted by Crippen LogP contribution is -2.47. The SMILES string of the molecule is COCCCNC(=O)C(C)(C)Oc1nn(-c2ccccc2)cc1Br. The summed E-state index contributed by atoms with van der Waals surface area (Å²) in [7, 11) is 1.63. The van der Waals surface area contributed by atoms with Crippen LogP contribution < -0.4 is 10.1 Å². The Labute approximate surface area is 150 Å². The van der Waals surface area contributed by atoms with Crippen molar-refractivity contribution < 1.29 is 14.3 Å². The number of hydrogen-bond donors (Lipinski definition) is 1.